The zero-order valence-corrected chi connectivity index (χ0v) is 17.1. The van der Waals surface area contributed by atoms with E-state index in [9.17, 15) is 18.0 Å². The van der Waals surface area contributed by atoms with Crippen molar-refractivity contribution in [3.8, 4) is 5.69 Å². The van der Waals surface area contributed by atoms with Gasteiger partial charge in [0, 0.05) is 23.1 Å². The van der Waals surface area contributed by atoms with Crippen molar-refractivity contribution in [3.63, 3.8) is 0 Å². The summed E-state index contributed by atoms with van der Waals surface area (Å²) in [7, 11) is 0. The van der Waals surface area contributed by atoms with Crippen LogP contribution in [-0.4, -0.2) is 16.5 Å². The maximum Gasteiger partial charge on any atom is 0.418 e. The van der Waals surface area contributed by atoms with Crippen molar-refractivity contribution in [2.24, 2.45) is 0 Å². The lowest BCUT2D eigenvalue weighted by Gasteiger charge is -2.35. The molecule has 0 spiro atoms. The molecule has 1 unspecified atom stereocenters. The number of carbonyl (C=O) groups is 1. The molecule has 156 valence electrons. The van der Waals surface area contributed by atoms with Gasteiger partial charge in [-0.25, -0.2) is 0 Å². The van der Waals surface area contributed by atoms with Crippen LogP contribution in [0.25, 0.3) is 5.69 Å². The number of rotatable bonds is 2. The molecule has 1 aromatic heterocycles. The molecule has 0 aliphatic carbocycles. The minimum absolute atomic E-state index is 0.0120. The van der Waals surface area contributed by atoms with Crippen LogP contribution in [0.15, 0.2) is 54.6 Å². The molecule has 0 fully saturated rings. The predicted molar refractivity (Wildman–Crippen MR) is 111 cm³/mol. The highest BCUT2D eigenvalue weighted by Crippen LogP contribution is 2.37. The molecule has 2 aromatic carbocycles. The fraction of sp³-hybridized carbons (Fsp3) is 0.292. The number of alkyl halides is 3. The van der Waals surface area contributed by atoms with Crippen LogP contribution >= 0.6 is 0 Å². The SMILES string of the molecule is Cc1cc(C(=O)N2c3ccccc3CCC2C)c(C)n1-c1ccccc1C(F)(F)F. The van der Waals surface area contributed by atoms with Crippen molar-refractivity contribution in [1.82, 2.24) is 4.57 Å². The molecule has 3 aromatic rings. The number of aryl methyl sites for hydroxylation is 2. The topological polar surface area (TPSA) is 25.2 Å². The largest absolute Gasteiger partial charge is 0.418 e. The van der Waals surface area contributed by atoms with E-state index in [4.69, 9.17) is 0 Å². The Labute approximate surface area is 173 Å². The van der Waals surface area contributed by atoms with Crippen molar-refractivity contribution in [3.05, 3.63) is 82.7 Å². The number of nitrogens with zero attached hydrogens (tertiary/aromatic N) is 2. The molecular weight excluding hydrogens is 389 g/mol. The fourth-order valence-electron chi connectivity index (χ4n) is 4.39. The summed E-state index contributed by atoms with van der Waals surface area (Å²) in [6.45, 7) is 5.43. The zero-order valence-electron chi connectivity index (χ0n) is 17.1. The van der Waals surface area contributed by atoms with Crippen molar-refractivity contribution in [2.75, 3.05) is 4.90 Å². The lowest BCUT2D eigenvalue weighted by molar-refractivity contribution is -0.137. The smallest absolute Gasteiger partial charge is 0.317 e. The molecule has 4 rings (SSSR count). The van der Waals surface area contributed by atoms with E-state index in [-0.39, 0.29) is 17.6 Å². The number of para-hydroxylation sites is 2. The third kappa shape index (κ3) is 3.30. The van der Waals surface area contributed by atoms with Gasteiger partial charge in [-0.3, -0.25) is 4.79 Å². The number of halogens is 3. The van der Waals surface area contributed by atoms with Crippen LogP contribution in [0.4, 0.5) is 18.9 Å². The molecule has 30 heavy (non-hydrogen) atoms. The Kier molecular flexibility index (Phi) is 4.96. The number of anilines is 1. The molecule has 2 heterocycles. The van der Waals surface area contributed by atoms with Crippen LogP contribution in [-0.2, 0) is 12.6 Å². The predicted octanol–water partition coefficient (Wildman–Crippen LogP) is 6.09. The van der Waals surface area contributed by atoms with Crippen molar-refractivity contribution >= 4 is 11.6 Å². The lowest BCUT2D eigenvalue weighted by atomic mass is 9.96. The minimum atomic E-state index is -4.48. The average Bonchev–Trinajstić information content (AvgIpc) is 3.01. The van der Waals surface area contributed by atoms with Crippen LogP contribution in [0, 0.1) is 13.8 Å². The third-order valence-corrected chi connectivity index (χ3v) is 5.85. The molecule has 6 heteroatoms. The molecule has 0 N–H and O–H groups in total. The van der Waals surface area contributed by atoms with E-state index in [0.717, 1.165) is 30.2 Å². The normalized spacial score (nSPS) is 16.5. The highest BCUT2D eigenvalue weighted by Gasteiger charge is 2.35. The summed E-state index contributed by atoms with van der Waals surface area (Å²) in [5.41, 5.74) is 2.82. The molecule has 0 saturated heterocycles. The van der Waals surface area contributed by atoms with Crippen molar-refractivity contribution in [1.29, 1.82) is 0 Å². The van der Waals surface area contributed by atoms with Gasteiger partial charge in [0.1, 0.15) is 0 Å². The van der Waals surface area contributed by atoms with Crippen LogP contribution in [0.3, 0.4) is 0 Å². The number of amides is 1. The first-order chi connectivity index (χ1) is 14.2. The summed E-state index contributed by atoms with van der Waals surface area (Å²) in [6.07, 6.45) is -2.73. The Morgan fingerprint density at radius 3 is 2.33 bits per heavy atom. The number of fused-ring (bicyclic) bond motifs is 1. The summed E-state index contributed by atoms with van der Waals surface area (Å²) in [5.74, 6) is -0.182. The Balaban J connectivity index is 1.82. The molecule has 3 nitrogen and oxygen atoms in total. The highest BCUT2D eigenvalue weighted by molar-refractivity contribution is 6.08. The number of hydrogen-bond donors (Lipinski definition) is 0. The minimum Gasteiger partial charge on any atom is -0.317 e. The molecule has 0 bridgehead atoms. The molecule has 0 saturated carbocycles. The van der Waals surface area contributed by atoms with Gasteiger partial charge < -0.3 is 9.47 Å². The number of aromatic nitrogens is 1. The van der Waals surface area contributed by atoms with Gasteiger partial charge in [0.25, 0.3) is 5.91 Å². The van der Waals surface area contributed by atoms with E-state index in [1.807, 2.05) is 31.2 Å². The van der Waals surface area contributed by atoms with Crippen molar-refractivity contribution in [2.45, 2.75) is 45.8 Å². The lowest BCUT2D eigenvalue weighted by Crippen LogP contribution is -2.42. The quantitative estimate of drug-likeness (QED) is 0.500. The molecule has 1 aliphatic heterocycles. The van der Waals surface area contributed by atoms with E-state index in [2.05, 4.69) is 0 Å². The zero-order chi connectivity index (χ0) is 21.6. The standard InChI is InChI=1S/C24H23F3N2O/c1-15-12-13-18-8-4-6-10-21(18)29(15)23(30)19-14-16(2)28(17(19)3)22-11-7-5-9-20(22)24(25,26)27/h4-11,14-15H,12-13H2,1-3H3. The Morgan fingerprint density at radius 2 is 1.63 bits per heavy atom. The Morgan fingerprint density at radius 1 is 1.00 bits per heavy atom. The first kappa shape index (κ1) is 20.3. The molecule has 1 aliphatic rings. The summed E-state index contributed by atoms with van der Waals surface area (Å²) < 4.78 is 42.3. The van der Waals surface area contributed by atoms with Gasteiger partial charge in [0.05, 0.1) is 16.8 Å². The maximum absolute atomic E-state index is 13.6. The summed E-state index contributed by atoms with van der Waals surface area (Å²) in [4.78, 5) is 15.3. The van der Waals surface area contributed by atoms with E-state index in [1.54, 1.807) is 30.9 Å². The second-order valence-electron chi connectivity index (χ2n) is 7.83. The number of carbonyl (C=O) groups excluding carboxylic acids is 1. The van der Waals surface area contributed by atoms with Gasteiger partial charge in [-0.05, 0) is 63.4 Å². The van der Waals surface area contributed by atoms with Gasteiger partial charge in [0.15, 0.2) is 0 Å². The number of benzene rings is 2. The average molecular weight is 412 g/mol. The van der Waals surface area contributed by atoms with Gasteiger partial charge >= 0.3 is 6.18 Å². The Bertz CT molecular complexity index is 1110. The van der Waals surface area contributed by atoms with Crippen LogP contribution in [0.5, 0.6) is 0 Å². The van der Waals surface area contributed by atoms with Gasteiger partial charge in [0.2, 0.25) is 0 Å². The van der Waals surface area contributed by atoms with Gasteiger partial charge in [-0.15, -0.1) is 0 Å². The van der Waals surface area contributed by atoms with Crippen molar-refractivity contribution < 1.29 is 18.0 Å². The summed E-state index contributed by atoms with van der Waals surface area (Å²) in [6, 6.07) is 15.0. The first-order valence-corrected chi connectivity index (χ1v) is 9.97. The third-order valence-electron chi connectivity index (χ3n) is 5.85. The monoisotopic (exact) mass is 412 g/mol. The molecule has 1 amide bonds. The van der Waals surface area contributed by atoms with Crippen LogP contribution < -0.4 is 4.90 Å². The second kappa shape index (κ2) is 7.35. The van der Waals surface area contributed by atoms with Crippen LogP contribution in [0.1, 0.15) is 46.2 Å². The van der Waals surface area contributed by atoms with Gasteiger partial charge in [-0.1, -0.05) is 30.3 Å². The molecule has 0 radical (unpaired) electrons. The van der Waals surface area contributed by atoms with E-state index < -0.39 is 11.7 Å². The van der Waals surface area contributed by atoms with Gasteiger partial charge in [-0.2, -0.15) is 13.2 Å². The van der Waals surface area contributed by atoms with E-state index >= 15 is 0 Å². The first-order valence-electron chi connectivity index (χ1n) is 9.97. The second-order valence-corrected chi connectivity index (χ2v) is 7.83. The number of hydrogen-bond acceptors (Lipinski definition) is 1. The summed E-state index contributed by atoms with van der Waals surface area (Å²) in [5, 5.41) is 0. The van der Waals surface area contributed by atoms with E-state index in [1.165, 1.54) is 16.7 Å². The summed E-state index contributed by atoms with van der Waals surface area (Å²) >= 11 is 0. The maximum atomic E-state index is 13.6. The highest BCUT2D eigenvalue weighted by atomic mass is 19.4. The molecular formula is C24H23F3N2O. The Hall–Kier alpha value is -3.02. The molecule has 1 atom stereocenters. The fourth-order valence-corrected chi connectivity index (χ4v) is 4.39. The van der Waals surface area contributed by atoms with E-state index in [0.29, 0.717) is 17.0 Å². The van der Waals surface area contributed by atoms with Crippen LogP contribution in [0.2, 0.25) is 0 Å².